The van der Waals surface area contributed by atoms with Gasteiger partial charge < -0.3 is 4.57 Å². The average molecular weight is 249 g/mol. The summed E-state index contributed by atoms with van der Waals surface area (Å²) in [6.07, 6.45) is 6.69. The zero-order valence-electron chi connectivity index (χ0n) is 9.55. The molecule has 4 nitrogen and oxygen atoms in total. The van der Waals surface area contributed by atoms with E-state index in [0.29, 0.717) is 10.4 Å². The third kappa shape index (κ3) is 2.07. The summed E-state index contributed by atoms with van der Waals surface area (Å²) < 4.78 is 24.8. The minimum absolute atomic E-state index is 0.315. The topological polar surface area (TPSA) is 52.0 Å². The van der Waals surface area contributed by atoms with Crippen LogP contribution in [0, 0.1) is 12.2 Å². The van der Waals surface area contributed by atoms with E-state index in [1.807, 2.05) is 10.6 Å². The van der Waals surface area contributed by atoms with Gasteiger partial charge in [-0.25, -0.2) is 13.4 Å². The molecule has 17 heavy (non-hydrogen) atoms. The molecule has 1 aliphatic carbocycles. The highest BCUT2D eigenvalue weighted by Crippen LogP contribution is 2.31. The molecule has 0 atom stereocenters. The Labute approximate surface area is 100 Å². The van der Waals surface area contributed by atoms with Crippen LogP contribution in [0.2, 0.25) is 0 Å². The van der Waals surface area contributed by atoms with Crippen LogP contribution in [0.3, 0.4) is 0 Å². The van der Waals surface area contributed by atoms with Crippen LogP contribution in [-0.4, -0.2) is 24.2 Å². The van der Waals surface area contributed by atoms with Gasteiger partial charge in [0, 0.05) is 12.8 Å². The maximum Gasteiger partial charge on any atom is 0.177 e. The standard InChI is InChI=1S/C12H13N2O2S/c1-17(15,16)10-4-5-12-11(6-10)13-8-14(12)7-9-2-3-9/h4-6,9H,2-3,7H2,1H3. The molecule has 0 spiro atoms. The highest BCUT2D eigenvalue weighted by molar-refractivity contribution is 7.90. The molecule has 1 aliphatic rings. The van der Waals surface area contributed by atoms with Crippen LogP contribution in [0.15, 0.2) is 23.1 Å². The second-order valence-electron chi connectivity index (χ2n) is 4.69. The quantitative estimate of drug-likeness (QED) is 0.831. The van der Waals surface area contributed by atoms with Crippen molar-refractivity contribution in [3.8, 4) is 0 Å². The molecular weight excluding hydrogens is 236 g/mol. The molecule has 89 valence electrons. The van der Waals surface area contributed by atoms with Gasteiger partial charge in [0.05, 0.1) is 15.9 Å². The van der Waals surface area contributed by atoms with Crippen LogP contribution in [0.5, 0.6) is 0 Å². The molecule has 0 amide bonds. The van der Waals surface area contributed by atoms with Crippen molar-refractivity contribution in [3.63, 3.8) is 0 Å². The molecule has 2 aromatic rings. The molecule has 1 radical (unpaired) electrons. The van der Waals surface area contributed by atoms with E-state index in [2.05, 4.69) is 11.3 Å². The van der Waals surface area contributed by atoms with E-state index in [9.17, 15) is 8.42 Å². The van der Waals surface area contributed by atoms with Crippen LogP contribution >= 0.6 is 0 Å². The summed E-state index contributed by atoms with van der Waals surface area (Å²) in [7, 11) is -3.16. The van der Waals surface area contributed by atoms with Gasteiger partial charge in [-0.2, -0.15) is 0 Å². The highest BCUT2D eigenvalue weighted by atomic mass is 32.2. The Bertz CT molecular complexity index is 669. The molecular formula is C12H13N2O2S. The number of fused-ring (bicyclic) bond motifs is 1. The third-order valence-corrected chi connectivity index (χ3v) is 4.20. The Hall–Kier alpha value is -1.36. The van der Waals surface area contributed by atoms with Gasteiger partial charge in [0.15, 0.2) is 16.2 Å². The van der Waals surface area contributed by atoms with Crippen molar-refractivity contribution >= 4 is 20.9 Å². The molecule has 1 aromatic carbocycles. The Morgan fingerprint density at radius 3 is 2.88 bits per heavy atom. The Morgan fingerprint density at radius 1 is 1.47 bits per heavy atom. The molecule has 1 aromatic heterocycles. The lowest BCUT2D eigenvalue weighted by molar-refractivity contribution is 0.602. The van der Waals surface area contributed by atoms with Crippen molar-refractivity contribution in [1.82, 2.24) is 9.55 Å². The van der Waals surface area contributed by atoms with Gasteiger partial charge in [-0.1, -0.05) is 0 Å². The number of aromatic nitrogens is 2. The Balaban J connectivity index is 2.06. The van der Waals surface area contributed by atoms with Gasteiger partial charge in [0.2, 0.25) is 0 Å². The summed E-state index contributed by atoms with van der Waals surface area (Å²) >= 11 is 0. The lowest BCUT2D eigenvalue weighted by Gasteiger charge is -2.02. The van der Waals surface area contributed by atoms with Gasteiger partial charge in [-0.3, -0.25) is 0 Å². The summed E-state index contributed by atoms with van der Waals surface area (Å²) in [5, 5.41) is 0. The van der Waals surface area contributed by atoms with Crippen LogP contribution in [-0.2, 0) is 16.4 Å². The lowest BCUT2D eigenvalue weighted by Crippen LogP contribution is -1.99. The van der Waals surface area contributed by atoms with Crippen LogP contribution in [0.1, 0.15) is 12.8 Å². The Morgan fingerprint density at radius 2 is 2.24 bits per heavy atom. The van der Waals surface area contributed by atoms with Gasteiger partial charge in [0.25, 0.3) is 0 Å². The number of imidazole rings is 1. The molecule has 3 rings (SSSR count). The van der Waals surface area contributed by atoms with E-state index in [4.69, 9.17) is 0 Å². The number of nitrogens with zero attached hydrogens (tertiary/aromatic N) is 2. The van der Waals surface area contributed by atoms with E-state index in [-0.39, 0.29) is 0 Å². The second-order valence-corrected chi connectivity index (χ2v) is 6.70. The summed E-state index contributed by atoms with van der Waals surface area (Å²) in [4.78, 5) is 4.46. The third-order valence-electron chi connectivity index (χ3n) is 3.09. The monoisotopic (exact) mass is 249 g/mol. The van der Waals surface area contributed by atoms with E-state index in [1.165, 1.54) is 19.1 Å². The molecule has 5 heteroatoms. The summed E-state index contributed by atoms with van der Waals surface area (Å²) in [6.45, 7) is 0.939. The fourth-order valence-corrected chi connectivity index (χ4v) is 2.56. The fourth-order valence-electron chi connectivity index (χ4n) is 1.92. The first-order valence-corrected chi connectivity index (χ1v) is 7.51. The smallest absolute Gasteiger partial charge is 0.177 e. The lowest BCUT2D eigenvalue weighted by atomic mass is 10.3. The highest BCUT2D eigenvalue weighted by Gasteiger charge is 2.22. The molecule has 0 saturated heterocycles. The SMILES string of the molecule is CS(=O)(=O)c1ccc2c(c1)n[c]n2CC1CC1. The first-order valence-electron chi connectivity index (χ1n) is 5.62. The average Bonchev–Trinajstić information content (AvgIpc) is 2.98. The van der Waals surface area contributed by atoms with Crippen molar-refractivity contribution in [3.05, 3.63) is 24.5 Å². The van der Waals surface area contributed by atoms with Gasteiger partial charge in [0.1, 0.15) is 0 Å². The first kappa shape index (κ1) is 10.8. The Kier molecular flexibility index (Phi) is 2.26. The minimum atomic E-state index is -3.16. The molecule has 1 fully saturated rings. The second kappa shape index (κ2) is 3.57. The molecule has 0 aliphatic heterocycles. The largest absolute Gasteiger partial charge is 0.321 e. The normalized spacial score (nSPS) is 16.5. The van der Waals surface area contributed by atoms with E-state index in [0.717, 1.165) is 18.0 Å². The molecule has 1 heterocycles. The number of sulfone groups is 1. The maximum absolute atomic E-state index is 11.4. The fraction of sp³-hybridized carbons (Fsp3) is 0.417. The molecule has 0 N–H and O–H groups in total. The zero-order chi connectivity index (χ0) is 12.0. The van der Waals surface area contributed by atoms with Crippen molar-refractivity contribution in [2.24, 2.45) is 5.92 Å². The summed E-state index contributed by atoms with van der Waals surface area (Å²) in [6, 6.07) is 5.07. The van der Waals surface area contributed by atoms with Gasteiger partial charge in [-0.05, 0) is 37.0 Å². The van der Waals surface area contributed by atoms with E-state index < -0.39 is 9.84 Å². The number of rotatable bonds is 3. The van der Waals surface area contributed by atoms with Crippen molar-refractivity contribution in [2.45, 2.75) is 24.3 Å². The van der Waals surface area contributed by atoms with Crippen molar-refractivity contribution < 1.29 is 8.42 Å². The van der Waals surface area contributed by atoms with Crippen LogP contribution in [0.25, 0.3) is 11.0 Å². The van der Waals surface area contributed by atoms with Crippen LogP contribution < -0.4 is 0 Å². The van der Waals surface area contributed by atoms with Gasteiger partial charge >= 0.3 is 0 Å². The van der Waals surface area contributed by atoms with Crippen molar-refractivity contribution in [1.29, 1.82) is 0 Å². The van der Waals surface area contributed by atoms with Crippen LogP contribution in [0.4, 0.5) is 0 Å². The zero-order valence-corrected chi connectivity index (χ0v) is 10.4. The predicted molar refractivity (Wildman–Crippen MR) is 64.4 cm³/mol. The van der Waals surface area contributed by atoms with Crippen molar-refractivity contribution in [2.75, 3.05) is 6.26 Å². The maximum atomic E-state index is 11.4. The van der Waals surface area contributed by atoms with E-state index >= 15 is 0 Å². The number of hydrogen-bond donors (Lipinski definition) is 0. The summed E-state index contributed by atoms with van der Waals surface area (Å²) in [5.41, 5.74) is 1.66. The molecule has 0 unspecified atom stereocenters. The first-order chi connectivity index (χ1) is 8.04. The minimum Gasteiger partial charge on any atom is -0.321 e. The molecule has 0 bridgehead atoms. The van der Waals surface area contributed by atoms with E-state index in [1.54, 1.807) is 12.1 Å². The van der Waals surface area contributed by atoms with Gasteiger partial charge in [-0.15, -0.1) is 0 Å². The predicted octanol–water partition coefficient (Wildman–Crippen LogP) is 1.65. The summed E-state index contributed by atoms with van der Waals surface area (Å²) in [5.74, 6) is 0.748. The number of hydrogen-bond acceptors (Lipinski definition) is 3. The molecule has 1 saturated carbocycles. The number of benzene rings is 1.